The molecule has 0 aliphatic carbocycles. The maximum absolute atomic E-state index is 11.9. The molecule has 0 fully saturated rings. The summed E-state index contributed by atoms with van der Waals surface area (Å²) in [5.74, 6) is -0.485. The number of phenolic OH excluding ortho intramolecular Hbond substituents is 1. The number of rotatable bonds is 5. The van der Waals surface area contributed by atoms with Crippen LogP contribution in [0.2, 0.25) is 5.02 Å². The summed E-state index contributed by atoms with van der Waals surface area (Å²) in [4.78, 5) is 11.9. The van der Waals surface area contributed by atoms with E-state index >= 15 is 0 Å². The van der Waals surface area contributed by atoms with Crippen molar-refractivity contribution in [2.24, 2.45) is 10.8 Å². The Morgan fingerprint density at radius 3 is 2.57 bits per heavy atom. The number of carbonyl (C=O) groups is 1. The number of amides is 1. The number of benzene rings is 2. The summed E-state index contributed by atoms with van der Waals surface area (Å²) in [6, 6.07) is 11.8. The van der Waals surface area contributed by atoms with E-state index in [0.29, 0.717) is 12.1 Å². The fraction of sp³-hybridized carbons (Fsp3) is 0.0588. The molecule has 0 aliphatic heterocycles. The van der Waals surface area contributed by atoms with Gasteiger partial charge in [-0.15, -0.1) is 0 Å². The van der Waals surface area contributed by atoms with Gasteiger partial charge in [-0.05, 0) is 29.3 Å². The second-order valence-electron chi connectivity index (χ2n) is 4.67. The fourth-order valence-corrected chi connectivity index (χ4v) is 1.96. The van der Waals surface area contributed by atoms with Crippen LogP contribution in [0.1, 0.15) is 21.5 Å². The maximum Gasteiger partial charge on any atom is 0.271 e. The lowest BCUT2D eigenvalue weighted by Gasteiger charge is -2.02. The van der Waals surface area contributed by atoms with Crippen LogP contribution in [0.5, 0.6) is 5.75 Å². The van der Waals surface area contributed by atoms with Gasteiger partial charge in [0.15, 0.2) is 0 Å². The lowest BCUT2D eigenvalue weighted by atomic mass is 10.1. The quantitative estimate of drug-likeness (QED) is 0.582. The number of nitrogens with two attached hydrogens (primary N) is 1. The smallest absolute Gasteiger partial charge is 0.271 e. The second kappa shape index (κ2) is 8.12. The molecule has 2 aromatic carbocycles. The van der Waals surface area contributed by atoms with Gasteiger partial charge in [0, 0.05) is 12.1 Å². The normalized spacial score (nSPS) is 11.2. The lowest BCUT2D eigenvalue weighted by molar-refractivity contribution is 0.0955. The summed E-state index contributed by atoms with van der Waals surface area (Å²) in [6.45, 7) is 0.497. The van der Waals surface area contributed by atoms with E-state index in [4.69, 9.17) is 17.3 Å². The predicted molar refractivity (Wildman–Crippen MR) is 92.7 cm³/mol. The Morgan fingerprint density at radius 2 is 1.91 bits per heavy atom. The number of carbonyl (C=O) groups excluding carboxylic acids is 1. The topological polar surface area (TPSA) is 87.7 Å². The number of phenols is 1. The maximum atomic E-state index is 11.9. The minimum Gasteiger partial charge on any atom is -0.506 e. The van der Waals surface area contributed by atoms with Gasteiger partial charge in [-0.2, -0.15) is 5.10 Å². The van der Waals surface area contributed by atoms with Gasteiger partial charge in [-0.25, -0.2) is 5.43 Å². The number of nitrogens with zero attached hydrogens (tertiary/aromatic N) is 1. The van der Waals surface area contributed by atoms with E-state index in [0.717, 1.165) is 11.1 Å². The molecule has 0 saturated heterocycles. The molecule has 0 aromatic heterocycles. The summed E-state index contributed by atoms with van der Waals surface area (Å²) in [7, 11) is 0. The Bertz CT molecular complexity index is 740. The van der Waals surface area contributed by atoms with Crippen LogP contribution in [-0.2, 0) is 0 Å². The third-order valence-electron chi connectivity index (χ3n) is 2.97. The van der Waals surface area contributed by atoms with Gasteiger partial charge in [0.05, 0.1) is 11.2 Å². The zero-order chi connectivity index (χ0) is 16.7. The monoisotopic (exact) mass is 329 g/mol. The molecule has 0 atom stereocenters. The van der Waals surface area contributed by atoms with Crippen molar-refractivity contribution in [3.8, 4) is 5.75 Å². The molecule has 0 unspecified atom stereocenters. The first-order chi connectivity index (χ1) is 11.1. The number of aromatic hydroxyl groups is 1. The standard InChI is InChI=1S/C17H16ClN3O2/c18-15-10-14(7-8-16(15)22)17(23)21-20-11-13-5-3-12(4-6-13)2-1-9-19/h1-8,10-11,22H,9,19H2,(H,21,23)/b2-1+,20-11+. The molecule has 6 heteroatoms. The summed E-state index contributed by atoms with van der Waals surface area (Å²) in [5.41, 5.74) is 9.99. The highest BCUT2D eigenvalue weighted by molar-refractivity contribution is 6.32. The van der Waals surface area contributed by atoms with E-state index in [1.54, 1.807) is 0 Å². The first-order valence-electron chi connectivity index (χ1n) is 6.89. The molecule has 0 spiro atoms. The van der Waals surface area contributed by atoms with Crippen molar-refractivity contribution in [2.75, 3.05) is 6.54 Å². The molecule has 4 N–H and O–H groups in total. The Hall–Kier alpha value is -2.63. The molecule has 23 heavy (non-hydrogen) atoms. The summed E-state index contributed by atoms with van der Waals surface area (Å²) in [6.07, 6.45) is 5.33. The lowest BCUT2D eigenvalue weighted by Crippen LogP contribution is -2.17. The van der Waals surface area contributed by atoms with Crippen LogP contribution in [-0.4, -0.2) is 23.8 Å². The molecule has 2 aromatic rings. The van der Waals surface area contributed by atoms with Gasteiger partial charge in [-0.1, -0.05) is 48.0 Å². The third kappa shape index (κ3) is 4.95. The van der Waals surface area contributed by atoms with Gasteiger partial charge >= 0.3 is 0 Å². The van der Waals surface area contributed by atoms with Gasteiger partial charge in [0.2, 0.25) is 0 Å². The number of hydrazone groups is 1. The van der Waals surface area contributed by atoms with Crippen molar-refractivity contribution < 1.29 is 9.90 Å². The fourth-order valence-electron chi connectivity index (χ4n) is 1.78. The molecule has 118 valence electrons. The SMILES string of the molecule is NC/C=C/c1ccc(/C=N/NC(=O)c2ccc(O)c(Cl)c2)cc1. The van der Waals surface area contributed by atoms with Gasteiger partial charge < -0.3 is 10.8 Å². The zero-order valence-corrected chi connectivity index (χ0v) is 13.0. The van der Waals surface area contributed by atoms with E-state index in [-0.39, 0.29) is 10.8 Å². The van der Waals surface area contributed by atoms with E-state index in [1.807, 2.05) is 36.4 Å². The number of hydrogen-bond acceptors (Lipinski definition) is 4. The van der Waals surface area contributed by atoms with Crippen molar-refractivity contribution >= 4 is 29.8 Å². The summed E-state index contributed by atoms with van der Waals surface area (Å²) in [5, 5.41) is 13.3. The molecular formula is C17H16ClN3O2. The van der Waals surface area contributed by atoms with Gasteiger partial charge in [0.1, 0.15) is 5.75 Å². The highest BCUT2D eigenvalue weighted by Gasteiger charge is 2.07. The first kappa shape index (κ1) is 16.7. The van der Waals surface area contributed by atoms with Crippen LogP contribution in [0.4, 0.5) is 0 Å². The zero-order valence-electron chi connectivity index (χ0n) is 12.2. The molecule has 0 radical (unpaired) electrons. The Kier molecular flexibility index (Phi) is 5.91. The van der Waals surface area contributed by atoms with Crippen molar-refractivity contribution in [1.29, 1.82) is 0 Å². The molecule has 1 amide bonds. The van der Waals surface area contributed by atoms with E-state index < -0.39 is 5.91 Å². The Balaban J connectivity index is 1.96. The molecule has 5 nitrogen and oxygen atoms in total. The van der Waals surface area contributed by atoms with Crippen LogP contribution < -0.4 is 11.2 Å². The van der Waals surface area contributed by atoms with Crippen molar-refractivity contribution in [3.05, 3.63) is 70.3 Å². The Morgan fingerprint density at radius 1 is 1.22 bits per heavy atom. The van der Waals surface area contributed by atoms with E-state index in [2.05, 4.69) is 10.5 Å². The average Bonchev–Trinajstić information content (AvgIpc) is 2.56. The number of nitrogens with one attached hydrogen (secondary N) is 1. The van der Waals surface area contributed by atoms with Crippen molar-refractivity contribution in [1.82, 2.24) is 5.43 Å². The summed E-state index contributed by atoms with van der Waals surface area (Å²) < 4.78 is 0. The molecule has 0 saturated carbocycles. The van der Waals surface area contributed by atoms with Crippen LogP contribution in [0, 0.1) is 0 Å². The largest absolute Gasteiger partial charge is 0.506 e. The minimum absolute atomic E-state index is 0.0736. The summed E-state index contributed by atoms with van der Waals surface area (Å²) >= 11 is 5.76. The van der Waals surface area contributed by atoms with Crippen LogP contribution in [0.15, 0.2) is 53.6 Å². The van der Waals surface area contributed by atoms with E-state index in [1.165, 1.54) is 24.4 Å². The molecule has 0 aliphatic rings. The first-order valence-corrected chi connectivity index (χ1v) is 7.26. The molecule has 0 bridgehead atoms. The van der Waals surface area contributed by atoms with Crippen LogP contribution in [0.3, 0.4) is 0 Å². The third-order valence-corrected chi connectivity index (χ3v) is 3.28. The number of halogens is 1. The molecular weight excluding hydrogens is 314 g/mol. The molecule has 0 heterocycles. The second-order valence-corrected chi connectivity index (χ2v) is 5.08. The predicted octanol–water partition coefficient (Wildman–Crippen LogP) is 2.78. The highest BCUT2D eigenvalue weighted by atomic mass is 35.5. The average molecular weight is 330 g/mol. The van der Waals surface area contributed by atoms with Crippen LogP contribution in [0.25, 0.3) is 6.08 Å². The van der Waals surface area contributed by atoms with Gasteiger partial charge in [-0.3, -0.25) is 4.79 Å². The minimum atomic E-state index is -0.411. The molecule has 2 rings (SSSR count). The van der Waals surface area contributed by atoms with Crippen molar-refractivity contribution in [2.45, 2.75) is 0 Å². The van der Waals surface area contributed by atoms with Gasteiger partial charge in [0.25, 0.3) is 5.91 Å². The van der Waals surface area contributed by atoms with Crippen LogP contribution >= 0.6 is 11.6 Å². The number of hydrogen-bond donors (Lipinski definition) is 3. The van der Waals surface area contributed by atoms with Crippen molar-refractivity contribution in [3.63, 3.8) is 0 Å². The Labute approximate surface area is 139 Å². The van der Waals surface area contributed by atoms with E-state index in [9.17, 15) is 9.90 Å². The highest BCUT2D eigenvalue weighted by Crippen LogP contribution is 2.23.